The van der Waals surface area contributed by atoms with E-state index in [0.717, 1.165) is 0 Å². The van der Waals surface area contributed by atoms with Crippen LogP contribution in [0.4, 0.5) is 11.5 Å². The number of hydrogen-bond donors (Lipinski definition) is 1. The van der Waals surface area contributed by atoms with Gasteiger partial charge in [-0.3, -0.25) is 14.9 Å². The highest BCUT2D eigenvalue weighted by Crippen LogP contribution is 2.21. The minimum absolute atomic E-state index is 0.0365. The maximum absolute atomic E-state index is 10.5. The van der Waals surface area contributed by atoms with Gasteiger partial charge in [0.1, 0.15) is 0 Å². The van der Waals surface area contributed by atoms with Gasteiger partial charge in [0.15, 0.2) is 0 Å². The number of aryl methyl sites for hydroxylation is 1. The first kappa shape index (κ1) is 9.11. The van der Waals surface area contributed by atoms with Crippen LogP contribution >= 0.6 is 0 Å². The summed E-state index contributed by atoms with van der Waals surface area (Å²) in [6.45, 7) is 1.69. The van der Waals surface area contributed by atoms with Crippen LogP contribution in [0, 0.1) is 17.0 Å². The van der Waals surface area contributed by atoms with E-state index in [1.807, 2.05) is 0 Å². The molecule has 0 spiro atoms. The molecule has 0 unspecified atom stereocenters. The van der Waals surface area contributed by atoms with E-state index in [1.54, 1.807) is 6.92 Å². The molecule has 1 N–H and O–H groups in total. The molecule has 0 saturated carbocycles. The molecule has 13 heavy (non-hydrogen) atoms. The van der Waals surface area contributed by atoms with Crippen LogP contribution in [0.5, 0.6) is 0 Å². The van der Waals surface area contributed by atoms with Crippen molar-refractivity contribution < 1.29 is 9.72 Å². The van der Waals surface area contributed by atoms with Crippen molar-refractivity contribution in [1.29, 1.82) is 0 Å². The first-order chi connectivity index (χ1) is 6.15. The van der Waals surface area contributed by atoms with Gasteiger partial charge < -0.3 is 5.32 Å². The average Bonchev–Trinajstić information content (AvgIpc) is 2.08. The molecule has 0 bridgehead atoms. The maximum Gasteiger partial charge on any atom is 0.312 e. The molecule has 0 aliphatic heterocycles. The van der Waals surface area contributed by atoms with E-state index >= 15 is 0 Å². The lowest BCUT2D eigenvalue weighted by molar-refractivity contribution is -0.384. The second-order valence-corrected chi connectivity index (χ2v) is 2.40. The molecule has 0 saturated heterocycles. The number of aromatic nitrogens is 1. The predicted molar refractivity (Wildman–Crippen MR) is 45.3 cm³/mol. The molecule has 0 atom stereocenters. The summed E-state index contributed by atoms with van der Waals surface area (Å²) >= 11 is 0. The number of nitrogens with zero attached hydrogens (tertiary/aromatic N) is 2. The zero-order valence-electron chi connectivity index (χ0n) is 6.85. The zero-order chi connectivity index (χ0) is 9.84. The number of anilines is 1. The number of nitro groups is 1. The summed E-state index contributed by atoms with van der Waals surface area (Å²) in [5.74, 6) is -0.0365. The molecule has 0 radical (unpaired) electrons. The van der Waals surface area contributed by atoms with Crippen molar-refractivity contribution in [1.82, 2.24) is 4.98 Å². The van der Waals surface area contributed by atoms with Crippen molar-refractivity contribution >= 4 is 17.9 Å². The fraction of sp³-hybridized carbons (Fsp3) is 0.143. The molecule has 0 aliphatic rings. The monoisotopic (exact) mass is 181 g/mol. The van der Waals surface area contributed by atoms with Crippen LogP contribution in [-0.4, -0.2) is 16.3 Å². The summed E-state index contributed by atoms with van der Waals surface area (Å²) in [7, 11) is 0. The SMILES string of the molecule is Cc1cnc(NC=O)c([N+](=O)[O-])c1. The standard InChI is InChI=1S/C7H7N3O3/c1-5-2-6(10(12)13)7(8-3-5)9-4-11/h2-4H,1H3,(H,8,9,11). The van der Waals surface area contributed by atoms with Crippen LogP contribution in [0.1, 0.15) is 5.56 Å². The van der Waals surface area contributed by atoms with Crippen molar-refractivity contribution in [3.63, 3.8) is 0 Å². The van der Waals surface area contributed by atoms with Crippen molar-refractivity contribution in [2.24, 2.45) is 0 Å². The molecule has 68 valence electrons. The fourth-order valence-electron chi connectivity index (χ4n) is 0.860. The van der Waals surface area contributed by atoms with Gasteiger partial charge in [-0.1, -0.05) is 0 Å². The summed E-state index contributed by atoms with van der Waals surface area (Å²) in [5.41, 5.74) is 0.468. The second kappa shape index (κ2) is 3.61. The third kappa shape index (κ3) is 1.98. The number of carbonyl (C=O) groups excluding carboxylic acids is 1. The van der Waals surface area contributed by atoms with Gasteiger partial charge in [-0.05, 0) is 12.5 Å². The largest absolute Gasteiger partial charge is 0.312 e. The highest BCUT2D eigenvalue weighted by atomic mass is 16.6. The Morgan fingerprint density at radius 2 is 2.38 bits per heavy atom. The lowest BCUT2D eigenvalue weighted by atomic mass is 10.3. The molecule has 1 rings (SSSR count). The maximum atomic E-state index is 10.5. The number of hydrogen-bond acceptors (Lipinski definition) is 4. The van der Waals surface area contributed by atoms with Gasteiger partial charge in [0.25, 0.3) is 0 Å². The van der Waals surface area contributed by atoms with E-state index in [0.29, 0.717) is 12.0 Å². The van der Waals surface area contributed by atoms with Crippen LogP contribution in [0.25, 0.3) is 0 Å². The number of carbonyl (C=O) groups is 1. The molecule has 0 aromatic carbocycles. The third-order valence-corrected chi connectivity index (χ3v) is 1.40. The normalized spacial score (nSPS) is 9.31. The van der Waals surface area contributed by atoms with Gasteiger partial charge in [-0.15, -0.1) is 0 Å². The Bertz CT molecular complexity index is 351. The first-order valence-corrected chi connectivity index (χ1v) is 3.46. The summed E-state index contributed by atoms with van der Waals surface area (Å²) in [4.78, 5) is 23.6. The number of amides is 1. The van der Waals surface area contributed by atoms with Gasteiger partial charge in [0, 0.05) is 12.3 Å². The molecule has 1 aromatic rings. The summed E-state index contributed by atoms with van der Waals surface area (Å²) in [6.07, 6.45) is 1.80. The Kier molecular flexibility index (Phi) is 2.53. The van der Waals surface area contributed by atoms with E-state index < -0.39 is 4.92 Å². The Hall–Kier alpha value is -1.98. The number of rotatable bonds is 3. The molecule has 1 heterocycles. The van der Waals surface area contributed by atoms with Gasteiger partial charge >= 0.3 is 5.69 Å². The number of pyridine rings is 1. The molecule has 1 aromatic heterocycles. The van der Waals surface area contributed by atoms with E-state index in [4.69, 9.17) is 0 Å². The summed E-state index contributed by atoms with van der Waals surface area (Å²) < 4.78 is 0. The quantitative estimate of drug-likeness (QED) is 0.425. The highest BCUT2D eigenvalue weighted by Gasteiger charge is 2.14. The molecular weight excluding hydrogens is 174 g/mol. The smallest absolute Gasteiger partial charge is 0.308 e. The van der Waals surface area contributed by atoms with Gasteiger partial charge in [-0.2, -0.15) is 0 Å². The van der Waals surface area contributed by atoms with Crippen LogP contribution in [0.3, 0.4) is 0 Å². The first-order valence-electron chi connectivity index (χ1n) is 3.46. The molecule has 0 fully saturated rings. The molecule has 6 heteroatoms. The number of nitrogens with one attached hydrogen (secondary N) is 1. The van der Waals surface area contributed by atoms with Crippen LogP contribution in [0.2, 0.25) is 0 Å². The molecule has 6 nitrogen and oxygen atoms in total. The van der Waals surface area contributed by atoms with Crippen molar-refractivity contribution in [2.75, 3.05) is 5.32 Å². The second-order valence-electron chi connectivity index (χ2n) is 2.40. The summed E-state index contributed by atoms with van der Waals surface area (Å²) in [6, 6.07) is 1.35. The molecule has 1 amide bonds. The Morgan fingerprint density at radius 3 is 2.92 bits per heavy atom. The topological polar surface area (TPSA) is 85.1 Å². The van der Waals surface area contributed by atoms with Crippen molar-refractivity contribution in [3.8, 4) is 0 Å². The fourth-order valence-corrected chi connectivity index (χ4v) is 0.860. The molecule has 0 aliphatic carbocycles. The Labute approximate surface area is 73.7 Å². The lowest BCUT2D eigenvalue weighted by Crippen LogP contribution is -2.02. The average molecular weight is 181 g/mol. The van der Waals surface area contributed by atoms with Crippen LogP contribution in [-0.2, 0) is 4.79 Å². The van der Waals surface area contributed by atoms with E-state index in [1.165, 1.54) is 12.3 Å². The van der Waals surface area contributed by atoms with Gasteiger partial charge in [0.05, 0.1) is 4.92 Å². The van der Waals surface area contributed by atoms with E-state index in [9.17, 15) is 14.9 Å². The van der Waals surface area contributed by atoms with Crippen molar-refractivity contribution in [3.05, 3.63) is 27.9 Å². The zero-order valence-corrected chi connectivity index (χ0v) is 6.85. The Morgan fingerprint density at radius 1 is 1.69 bits per heavy atom. The van der Waals surface area contributed by atoms with E-state index in [2.05, 4.69) is 10.3 Å². The minimum atomic E-state index is -0.591. The van der Waals surface area contributed by atoms with Crippen LogP contribution in [0.15, 0.2) is 12.3 Å². The van der Waals surface area contributed by atoms with Gasteiger partial charge in [0.2, 0.25) is 12.2 Å². The predicted octanol–water partition coefficient (Wildman–Crippen LogP) is 0.867. The third-order valence-electron chi connectivity index (χ3n) is 1.40. The van der Waals surface area contributed by atoms with Crippen LogP contribution < -0.4 is 5.32 Å². The summed E-state index contributed by atoms with van der Waals surface area (Å²) in [5, 5.41) is 12.6. The van der Waals surface area contributed by atoms with E-state index in [-0.39, 0.29) is 11.5 Å². The Balaban J connectivity index is 3.17. The highest BCUT2D eigenvalue weighted by molar-refractivity contribution is 5.74. The molecular formula is C7H7N3O3. The lowest BCUT2D eigenvalue weighted by Gasteiger charge is -1.99. The van der Waals surface area contributed by atoms with Gasteiger partial charge in [-0.25, -0.2) is 4.98 Å². The minimum Gasteiger partial charge on any atom is -0.308 e. The van der Waals surface area contributed by atoms with Crippen molar-refractivity contribution in [2.45, 2.75) is 6.92 Å².